The van der Waals surface area contributed by atoms with Gasteiger partial charge < -0.3 is 15.0 Å². The number of esters is 1. The lowest BCUT2D eigenvalue weighted by atomic mass is 9.86. The second-order valence-corrected chi connectivity index (χ2v) is 7.46. The van der Waals surface area contributed by atoms with Crippen LogP contribution in [0.1, 0.15) is 43.6 Å². The summed E-state index contributed by atoms with van der Waals surface area (Å²) in [5, 5.41) is 2.89. The molecule has 6 heteroatoms. The van der Waals surface area contributed by atoms with Crippen LogP contribution in [0.4, 0.5) is 11.4 Å². The summed E-state index contributed by atoms with van der Waals surface area (Å²) in [6.45, 7) is 7.32. The highest BCUT2D eigenvalue weighted by Crippen LogP contribution is 2.29. The Labute approximate surface area is 165 Å². The van der Waals surface area contributed by atoms with Gasteiger partial charge in [0, 0.05) is 12.6 Å². The van der Waals surface area contributed by atoms with Gasteiger partial charge in [0.2, 0.25) is 11.8 Å². The fourth-order valence-electron chi connectivity index (χ4n) is 2.94. The number of anilines is 2. The summed E-state index contributed by atoms with van der Waals surface area (Å²) >= 11 is 0. The molecule has 6 nitrogen and oxygen atoms in total. The first-order valence-corrected chi connectivity index (χ1v) is 9.00. The summed E-state index contributed by atoms with van der Waals surface area (Å²) in [7, 11) is 1.27. The van der Waals surface area contributed by atoms with Crippen LogP contribution >= 0.6 is 0 Å². The Balaban J connectivity index is 2.29. The number of rotatable bonds is 5. The Bertz CT molecular complexity index is 884. The lowest BCUT2D eigenvalue weighted by Crippen LogP contribution is -2.38. The van der Waals surface area contributed by atoms with E-state index in [0.717, 1.165) is 5.56 Å². The fourth-order valence-corrected chi connectivity index (χ4v) is 2.94. The van der Waals surface area contributed by atoms with Gasteiger partial charge in [0.15, 0.2) is 0 Å². The molecule has 0 aliphatic rings. The summed E-state index contributed by atoms with van der Waals surface area (Å²) in [4.78, 5) is 38.2. The van der Waals surface area contributed by atoms with Crippen LogP contribution in [-0.2, 0) is 19.7 Å². The van der Waals surface area contributed by atoms with Crippen LogP contribution in [0.25, 0.3) is 0 Å². The zero-order valence-electron chi connectivity index (χ0n) is 16.9. The van der Waals surface area contributed by atoms with Gasteiger partial charge >= 0.3 is 5.97 Å². The quantitative estimate of drug-likeness (QED) is 0.799. The summed E-state index contributed by atoms with van der Waals surface area (Å²) in [5.74, 6) is -1.28. The average Bonchev–Trinajstić information content (AvgIpc) is 2.65. The summed E-state index contributed by atoms with van der Waals surface area (Å²) in [5.41, 5.74) is 2.10. The molecule has 2 aromatic carbocycles. The first-order valence-electron chi connectivity index (χ1n) is 9.00. The van der Waals surface area contributed by atoms with E-state index in [1.165, 1.54) is 18.9 Å². The Morgan fingerprint density at radius 2 is 1.61 bits per heavy atom. The molecule has 2 amide bonds. The van der Waals surface area contributed by atoms with E-state index in [0.29, 0.717) is 11.4 Å². The molecular weight excluding hydrogens is 356 g/mol. The van der Waals surface area contributed by atoms with Gasteiger partial charge in [0.05, 0.1) is 18.4 Å². The van der Waals surface area contributed by atoms with Gasteiger partial charge in [-0.15, -0.1) is 0 Å². The fraction of sp³-hybridized carbons (Fsp3) is 0.318. The molecule has 0 fully saturated rings. The smallest absolute Gasteiger partial charge is 0.339 e. The average molecular weight is 382 g/mol. The Morgan fingerprint density at radius 3 is 2.21 bits per heavy atom. The van der Waals surface area contributed by atoms with Gasteiger partial charge in [0.1, 0.15) is 6.54 Å². The lowest BCUT2D eigenvalue weighted by molar-refractivity contribution is -0.120. The minimum absolute atomic E-state index is 0.151. The SMILES string of the molecule is COC(=O)c1ccccc1N(CC(=O)Nc1ccccc1C(C)(C)C)C(C)=O. The molecule has 0 atom stereocenters. The highest BCUT2D eigenvalue weighted by atomic mass is 16.5. The second kappa shape index (κ2) is 8.69. The van der Waals surface area contributed by atoms with Crippen molar-refractivity contribution in [3.8, 4) is 0 Å². The maximum absolute atomic E-state index is 12.7. The van der Waals surface area contributed by atoms with Crippen molar-refractivity contribution < 1.29 is 19.1 Å². The molecule has 2 rings (SSSR count). The third kappa shape index (κ3) is 4.97. The van der Waals surface area contributed by atoms with Crippen molar-refractivity contribution in [1.29, 1.82) is 0 Å². The van der Waals surface area contributed by atoms with E-state index in [1.54, 1.807) is 24.3 Å². The standard InChI is InChI=1S/C22H26N2O4/c1-15(25)24(19-13-9-6-10-16(19)21(27)28-5)14-20(26)23-18-12-8-7-11-17(18)22(2,3)4/h6-13H,14H2,1-5H3,(H,23,26). The van der Waals surface area contributed by atoms with Crippen molar-refractivity contribution >= 4 is 29.2 Å². The van der Waals surface area contributed by atoms with Crippen molar-refractivity contribution in [2.24, 2.45) is 0 Å². The molecular formula is C22H26N2O4. The number of nitrogens with one attached hydrogen (secondary N) is 1. The number of benzene rings is 2. The van der Waals surface area contributed by atoms with Crippen LogP contribution in [0.3, 0.4) is 0 Å². The number of nitrogens with zero attached hydrogens (tertiary/aromatic N) is 1. The number of methoxy groups -OCH3 is 1. The highest BCUT2D eigenvalue weighted by molar-refractivity contribution is 6.06. The molecule has 0 radical (unpaired) electrons. The second-order valence-electron chi connectivity index (χ2n) is 7.46. The molecule has 0 spiro atoms. The number of ether oxygens (including phenoxy) is 1. The molecule has 0 saturated heterocycles. The molecule has 1 N–H and O–H groups in total. The third-order valence-electron chi connectivity index (χ3n) is 4.29. The van der Waals surface area contributed by atoms with E-state index in [1.807, 2.05) is 24.3 Å². The Morgan fingerprint density at radius 1 is 1.00 bits per heavy atom. The first kappa shape index (κ1) is 21.2. The molecule has 0 heterocycles. The normalized spacial score (nSPS) is 10.9. The van der Waals surface area contributed by atoms with E-state index in [4.69, 9.17) is 4.74 Å². The Kier molecular flexibility index (Phi) is 6.57. The predicted octanol–water partition coefficient (Wildman–Crippen LogP) is 3.76. The molecule has 0 bridgehead atoms. The molecule has 0 aliphatic carbocycles. The monoisotopic (exact) mass is 382 g/mol. The predicted molar refractivity (Wildman–Crippen MR) is 110 cm³/mol. The zero-order valence-corrected chi connectivity index (χ0v) is 16.9. The minimum atomic E-state index is -0.569. The number of hydrogen-bond donors (Lipinski definition) is 1. The number of carbonyl (C=O) groups is 3. The van der Waals surface area contributed by atoms with Gasteiger partial charge in [-0.3, -0.25) is 9.59 Å². The molecule has 0 aliphatic heterocycles. The number of para-hydroxylation sites is 2. The van der Waals surface area contributed by atoms with Gasteiger partial charge in [-0.25, -0.2) is 4.79 Å². The first-order chi connectivity index (χ1) is 13.1. The van der Waals surface area contributed by atoms with Crippen LogP contribution < -0.4 is 10.2 Å². The van der Waals surface area contributed by atoms with Crippen molar-refractivity contribution in [3.05, 3.63) is 59.7 Å². The van der Waals surface area contributed by atoms with E-state index >= 15 is 0 Å². The third-order valence-corrected chi connectivity index (χ3v) is 4.29. The summed E-state index contributed by atoms with van der Waals surface area (Å²) in [6, 6.07) is 14.1. The minimum Gasteiger partial charge on any atom is -0.465 e. The molecule has 0 saturated carbocycles. The van der Waals surface area contributed by atoms with Crippen LogP contribution in [0.5, 0.6) is 0 Å². The van der Waals surface area contributed by atoms with Gasteiger partial charge in [-0.05, 0) is 29.2 Å². The number of hydrogen-bond acceptors (Lipinski definition) is 4. The maximum Gasteiger partial charge on any atom is 0.339 e. The molecule has 0 unspecified atom stereocenters. The molecule has 28 heavy (non-hydrogen) atoms. The van der Waals surface area contributed by atoms with E-state index < -0.39 is 5.97 Å². The van der Waals surface area contributed by atoms with Gasteiger partial charge in [-0.2, -0.15) is 0 Å². The Hall–Kier alpha value is -3.15. The van der Waals surface area contributed by atoms with Gasteiger partial charge in [-0.1, -0.05) is 51.1 Å². The maximum atomic E-state index is 12.7. The highest BCUT2D eigenvalue weighted by Gasteiger charge is 2.23. The molecule has 0 aromatic heterocycles. The van der Waals surface area contributed by atoms with Gasteiger partial charge in [0.25, 0.3) is 0 Å². The van der Waals surface area contributed by atoms with Crippen LogP contribution in [0.15, 0.2) is 48.5 Å². The van der Waals surface area contributed by atoms with E-state index in [-0.39, 0.29) is 29.3 Å². The topological polar surface area (TPSA) is 75.7 Å². The van der Waals surface area contributed by atoms with E-state index in [9.17, 15) is 14.4 Å². The largest absolute Gasteiger partial charge is 0.465 e. The molecule has 148 valence electrons. The number of amides is 2. The van der Waals surface area contributed by atoms with Crippen LogP contribution in [-0.4, -0.2) is 31.4 Å². The molecule has 2 aromatic rings. The van der Waals surface area contributed by atoms with Crippen molar-refractivity contribution in [2.75, 3.05) is 23.9 Å². The summed E-state index contributed by atoms with van der Waals surface area (Å²) in [6.07, 6.45) is 0. The lowest BCUT2D eigenvalue weighted by Gasteiger charge is -2.25. The van der Waals surface area contributed by atoms with Crippen molar-refractivity contribution in [2.45, 2.75) is 33.1 Å². The van der Waals surface area contributed by atoms with Crippen LogP contribution in [0.2, 0.25) is 0 Å². The number of carbonyl (C=O) groups excluding carboxylic acids is 3. The summed E-state index contributed by atoms with van der Waals surface area (Å²) < 4.78 is 4.78. The van der Waals surface area contributed by atoms with E-state index in [2.05, 4.69) is 26.1 Å². The van der Waals surface area contributed by atoms with Crippen molar-refractivity contribution in [1.82, 2.24) is 0 Å². The van der Waals surface area contributed by atoms with Crippen molar-refractivity contribution in [3.63, 3.8) is 0 Å². The zero-order chi connectivity index (χ0) is 20.9. The van der Waals surface area contributed by atoms with Crippen LogP contribution in [0, 0.1) is 0 Å².